The van der Waals surface area contributed by atoms with Gasteiger partial charge in [-0.15, -0.1) is 0 Å². The maximum Gasteiger partial charge on any atom is 0.312 e. The average Bonchev–Trinajstić information content (AvgIpc) is 2.46. The Labute approximate surface area is 122 Å². The second kappa shape index (κ2) is 6.39. The number of carbonyl (C=O) groups is 1. The van der Waals surface area contributed by atoms with E-state index < -0.39 is 11.9 Å². The van der Waals surface area contributed by atoms with E-state index in [1.807, 2.05) is 24.3 Å². The number of carboxylic acid groups (broad SMARTS) is 1. The van der Waals surface area contributed by atoms with Crippen LogP contribution in [-0.4, -0.2) is 23.2 Å². The molecule has 0 spiro atoms. The molecule has 5 heteroatoms. The number of hydrogen-bond donors (Lipinski definition) is 1. The topological polar surface area (TPSA) is 59.4 Å². The molecule has 1 aromatic carbocycles. The predicted molar refractivity (Wildman–Crippen MR) is 76.3 cm³/mol. The summed E-state index contributed by atoms with van der Waals surface area (Å²) in [6.07, 6.45) is 1.77. The van der Waals surface area contributed by atoms with E-state index in [1.54, 1.807) is 19.2 Å². The number of aromatic nitrogens is 1. The van der Waals surface area contributed by atoms with Crippen LogP contribution in [0.15, 0.2) is 42.6 Å². The van der Waals surface area contributed by atoms with Gasteiger partial charge < -0.3 is 9.84 Å². The molecule has 104 valence electrons. The van der Waals surface area contributed by atoms with Gasteiger partial charge in [0.15, 0.2) is 0 Å². The lowest BCUT2D eigenvalue weighted by molar-refractivity contribution is -0.138. The van der Waals surface area contributed by atoms with E-state index in [-0.39, 0.29) is 0 Å². The Bertz CT molecular complexity index is 598. The van der Waals surface area contributed by atoms with Crippen LogP contribution in [0.4, 0.5) is 0 Å². The zero-order chi connectivity index (χ0) is 14.5. The minimum atomic E-state index is -0.925. The maximum atomic E-state index is 11.5. The molecule has 0 bridgehead atoms. The molecule has 1 heterocycles. The van der Waals surface area contributed by atoms with Gasteiger partial charge in [0.25, 0.3) is 0 Å². The smallest absolute Gasteiger partial charge is 0.312 e. The lowest BCUT2D eigenvalue weighted by Gasteiger charge is -2.14. The van der Waals surface area contributed by atoms with Crippen molar-refractivity contribution < 1.29 is 14.6 Å². The van der Waals surface area contributed by atoms with Crippen LogP contribution >= 0.6 is 11.6 Å². The fourth-order valence-corrected chi connectivity index (χ4v) is 2.12. The molecule has 0 aliphatic carbocycles. The summed E-state index contributed by atoms with van der Waals surface area (Å²) in [5, 5.41) is 9.89. The summed E-state index contributed by atoms with van der Waals surface area (Å²) in [6.45, 7) is 0. The number of nitrogens with zero attached hydrogens (tertiary/aromatic N) is 1. The molecule has 1 aromatic heterocycles. The lowest BCUT2D eigenvalue weighted by Crippen LogP contribution is -2.16. The molecule has 0 radical (unpaired) electrons. The molecule has 0 aliphatic rings. The summed E-state index contributed by atoms with van der Waals surface area (Å²) in [7, 11) is 1.56. The third kappa shape index (κ3) is 3.27. The van der Waals surface area contributed by atoms with Crippen LogP contribution in [0.3, 0.4) is 0 Å². The van der Waals surface area contributed by atoms with Crippen molar-refractivity contribution in [3.05, 3.63) is 58.9 Å². The second-order valence-electron chi connectivity index (χ2n) is 4.31. The number of carboxylic acids is 1. The van der Waals surface area contributed by atoms with Gasteiger partial charge in [-0.3, -0.25) is 9.78 Å². The van der Waals surface area contributed by atoms with Crippen molar-refractivity contribution in [3.63, 3.8) is 0 Å². The summed E-state index contributed by atoms with van der Waals surface area (Å²) in [4.78, 5) is 15.6. The number of ether oxygens (including phenoxy) is 1. The predicted octanol–water partition coefficient (Wildman–Crippen LogP) is 3.15. The standard InChI is InChI=1S/C15H14ClNO3/c1-20-14-5-3-2-4-10(14)8-12(15(18)19)13-7-6-11(16)9-17-13/h2-7,9,12H,8H2,1H3,(H,18,19). The van der Waals surface area contributed by atoms with Crippen LogP contribution in [0.5, 0.6) is 5.75 Å². The first-order chi connectivity index (χ1) is 9.61. The summed E-state index contributed by atoms with van der Waals surface area (Å²) in [5.74, 6) is -0.984. The van der Waals surface area contributed by atoms with Crippen molar-refractivity contribution in [1.82, 2.24) is 4.98 Å². The molecular formula is C15H14ClNO3. The van der Waals surface area contributed by atoms with Crippen molar-refractivity contribution in [1.29, 1.82) is 0 Å². The number of rotatable bonds is 5. The van der Waals surface area contributed by atoms with E-state index in [0.717, 1.165) is 5.56 Å². The maximum absolute atomic E-state index is 11.5. The number of hydrogen-bond acceptors (Lipinski definition) is 3. The largest absolute Gasteiger partial charge is 0.496 e. The highest BCUT2D eigenvalue weighted by molar-refractivity contribution is 6.30. The number of halogens is 1. The molecule has 2 aromatic rings. The van der Waals surface area contributed by atoms with Gasteiger partial charge >= 0.3 is 5.97 Å². The van der Waals surface area contributed by atoms with E-state index in [0.29, 0.717) is 22.9 Å². The van der Waals surface area contributed by atoms with E-state index >= 15 is 0 Å². The highest BCUT2D eigenvalue weighted by atomic mass is 35.5. The quantitative estimate of drug-likeness (QED) is 0.919. The first-order valence-corrected chi connectivity index (χ1v) is 6.45. The summed E-state index contributed by atoms with van der Waals surface area (Å²) >= 11 is 5.77. The minimum absolute atomic E-state index is 0.313. The van der Waals surface area contributed by atoms with Gasteiger partial charge in [0.1, 0.15) is 11.7 Å². The van der Waals surface area contributed by atoms with Crippen LogP contribution in [0.1, 0.15) is 17.2 Å². The van der Waals surface area contributed by atoms with Gasteiger partial charge in [0, 0.05) is 6.20 Å². The Morgan fingerprint density at radius 2 is 2.10 bits per heavy atom. The number of pyridine rings is 1. The fraction of sp³-hybridized carbons (Fsp3) is 0.200. The molecule has 4 nitrogen and oxygen atoms in total. The molecule has 0 amide bonds. The Morgan fingerprint density at radius 1 is 1.35 bits per heavy atom. The van der Waals surface area contributed by atoms with Crippen LogP contribution in [0, 0.1) is 0 Å². The highest BCUT2D eigenvalue weighted by Crippen LogP contribution is 2.26. The van der Waals surface area contributed by atoms with Crippen LogP contribution in [0.25, 0.3) is 0 Å². The van der Waals surface area contributed by atoms with Crippen molar-refractivity contribution in [3.8, 4) is 5.75 Å². The number of benzene rings is 1. The Balaban J connectivity index is 2.30. The SMILES string of the molecule is COc1ccccc1CC(C(=O)O)c1ccc(Cl)cn1. The molecule has 0 aliphatic heterocycles. The van der Waals surface area contributed by atoms with Crippen LogP contribution < -0.4 is 4.74 Å². The van der Waals surface area contributed by atoms with Crippen LogP contribution in [-0.2, 0) is 11.2 Å². The van der Waals surface area contributed by atoms with Gasteiger partial charge in [-0.05, 0) is 30.2 Å². The lowest BCUT2D eigenvalue weighted by atomic mass is 9.95. The minimum Gasteiger partial charge on any atom is -0.496 e. The normalized spacial score (nSPS) is 11.9. The molecule has 1 N–H and O–H groups in total. The molecule has 0 fully saturated rings. The molecule has 20 heavy (non-hydrogen) atoms. The van der Waals surface area contributed by atoms with E-state index in [1.165, 1.54) is 6.20 Å². The van der Waals surface area contributed by atoms with Crippen molar-refractivity contribution >= 4 is 17.6 Å². The van der Waals surface area contributed by atoms with E-state index in [4.69, 9.17) is 16.3 Å². The van der Waals surface area contributed by atoms with Gasteiger partial charge in [-0.2, -0.15) is 0 Å². The van der Waals surface area contributed by atoms with Crippen molar-refractivity contribution in [2.24, 2.45) is 0 Å². The summed E-state index contributed by atoms with van der Waals surface area (Å²) < 4.78 is 5.25. The molecule has 1 unspecified atom stereocenters. The molecular weight excluding hydrogens is 278 g/mol. The first-order valence-electron chi connectivity index (χ1n) is 6.08. The van der Waals surface area contributed by atoms with Crippen LogP contribution in [0.2, 0.25) is 5.02 Å². The summed E-state index contributed by atoms with van der Waals surface area (Å²) in [6, 6.07) is 10.6. The van der Waals surface area contributed by atoms with Gasteiger partial charge in [0.2, 0.25) is 0 Å². The number of para-hydroxylation sites is 1. The average molecular weight is 292 g/mol. The monoisotopic (exact) mass is 291 g/mol. The third-order valence-corrected chi connectivity index (χ3v) is 3.25. The Hall–Kier alpha value is -2.07. The van der Waals surface area contributed by atoms with Gasteiger partial charge in [-0.1, -0.05) is 29.8 Å². The van der Waals surface area contributed by atoms with Gasteiger partial charge in [0.05, 0.1) is 17.8 Å². The second-order valence-corrected chi connectivity index (χ2v) is 4.74. The zero-order valence-electron chi connectivity index (χ0n) is 10.9. The number of aliphatic carboxylic acids is 1. The first kappa shape index (κ1) is 14.3. The fourth-order valence-electron chi connectivity index (χ4n) is 2.00. The third-order valence-electron chi connectivity index (χ3n) is 3.02. The molecule has 0 saturated heterocycles. The van der Waals surface area contributed by atoms with Gasteiger partial charge in [-0.25, -0.2) is 0 Å². The van der Waals surface area contributed by atoms with Crippen molar-refractivity contribution in [2.75, 3.05) is 7.11 Å². The highest BCUT2D eigenvalue weighted by Gasteiger charge is 2.23. The Kier molecular flexibility index (Phi) is 4.58. The zero-order valence-corrected chi connectivity index (χ0v) is 11.7. The molecule has 2 rings (SSSR count). The van der Waals surface area contributed by atoms with Crippen molar-refractivity contribution in [2.45, 2.75) is 12.3 Å². The van der Waals surface area contributed by atoms with E-state index in [2.05, 4.69) is 4.98 Å². The molecule has 1 atom stereocenters. The summed E-state index contributed by atoms with van der Waals surface area (Å²) in [5.41, 5.74) is 1.31. The Morgan fingerprint density at radius 3 is 2.70 bits per heavy atom. The van der Waals surface area contributed by atoms with E-state index in [9.17, 15) is 9.90 Å². The number of methoxy groups -OCH3 is 1. The molecule has 0 saturated carbocycles.